The number of nitrogens with one attached hydrogen (secondary N) is 1. The fourth-order valence-electron chi connectivity index (χ4n) is 3.07. The van der Waals surface area contributed by atoms with Crippen molar-refractivity contribution in [3.63, 3.8) is 0 Å². The lowest BCUT2D eigenvalue weighted by Crippen LogP contribution is -2.51. The normalized spacial score (nSPS) is 15.8. The summed E-state index contributed by atoms with van der Waals surface area (Å²) in [7, 11) is 0. The van der Waals surface area contributed by atoms with Gasteiger partial charge < -0.3 is 19.5 Å². The molecule has 7 heteroatoms. The van der Waals surface area contributed by atoms with Crippen molar-refractivity contribution in [3.05, 3.63) is 23.8 Å². The van der Waals surface area contributed by atoms with E-state index in [0.717, 1.165) is 26.3 Å². The molecule has 1 saturated heterocycles. The van der Waals surface area contributed by atoms with Gasteiger partial charge in [0.05, 0.1) is 31.5 Å². The number of nitrogens with zero attached hydrogens (tertiary/aromatic N) is 2. The van der Waals surface area contributed by atoms with Crippen molar-refractivity contribution in [2.45, 2.75) is 26.8 Å². The summed E-state index contributed by atoms with van der Waals surface area (Å²) < 4.78 is 16.5. The van der Waals surface area contributed by atoms with E-state index < -0.39 is 0 Å². The number of hydrogen-bond acceptors (Lipinski definition) is 6. The van der Waals surface area contributed by atoms with Crippen molar-refractivity contribution in [1.29, 1.82) is 5.26 Å². The predicted molar refractivity (Wildman–Crippen MR) is 102 cm³/mol. The highest BCUT2D eigenvalue weighted by molar-refractivity contribution is 5.77. The van der Waals surface area contributed by atoms with Crippen LogP contribution in [0.15, 0.2) is 18.2 Å². The maximum absolute atomic E-state index is 12.2. The summed E-state index contributed by atoms with van der Waals surface area (Å²) in [6.45, 7) is 10.3. The molecule has 0 saturated carbocycles. The van der Waals surface area contributed by atoms with Crippen LogP contribution in [0.1, 0.15) is 26.3 Å². The van der Waals surface area contributed by atoms with Crippen LogP contribution in [-0.2, 0) is 9.53 Å². The first-order chi connectivity index (χ1) is 13.0. The van der Waals surface area contributed by atoms with Gasteiger partial charge in [0.25, 0.3) is 5.91 Å². The quantitative estimate of drug-likeness (QED) is 0.709. The van der Waals surface area contributed by atoms with Gasteiger partial charge >= 0.3 is 0 Å². The van der Waals surface area contributed by atoms with Gasteiger partial charge in [-0.2, -0.15) is 5.26 Å². The van der Waals surface area contributed by atoms with Crippen LogP contribution >= 0.6 is 0 Å². The van der Waals surface area contributed by atoms with E-state index in [1.54, 1.807) is 18.2 Å². The minimum absolute atomic E-state index is 0.0973. The van der Waals surface area contributed by atoms with E-state index in [9.17, 15) is 4.79 Å². The summed E-state index contributed by atoms with van der Waals surface area (Å²) in [6.07, 6.45) is 0. The summed E-state index contributed by atoms with van der Waals surface area (Å²) in [5.41, 5.74) is 0.487. The Bertz CT molecular complexity index is 651. The smallest absolute Gasteiger partial charge is 0.257 e. The molecule has 0 aromatic heterocycles. The van der Waals surface area contributed by atoms with E-state index in [1.807, 2.05) is 6.92 Å². The Labute approximate surface area is 161 Å². The number of carbonyl (C=O) groups excluding carboxylic acids is 1. The first-order valence-corrected chi connectivity index (χ1v) is 9.43. The zero-order valence-corrected chi connectivity index (χ0v) is 16.4. The molecule has 1 N–H and O–H groups in total. The summed E-state index contributed by atoms with van der Waals surface area (Å²) in [4.78, 5) is 14.6. The van der Waals surface area contributed by atoms with Crippen LogP contribution in [0.25, 0.3) is 0 Å². The molecule has 0 spiro atoms. The molecule has 148 valence electrons. The molecule has 0 aliphatic carbocycles. The van der Waals surface area contributed by atoms with Crippen molar-refractivity contribution in [2.24, 2.45) is 5.92 Å². The van der Waals surface area contributed by atoms with Crippen molar-refractivity contribution >= 4 is 5.91 Å². The predicted octanol–water partition coefficient (Wildman–Crippen LogP) is 1.81. The Kier molecular flexibility index (Phi) is 8.37. The van der Waals surface area contributed by atoms with Gasteiger partial charge in [0, 0.05) is 31.7 Å². The van der Waals surface area contributed by atoms with Crippen LogP contribution in [0.5, 0.6) is 11.5 Å². The number of nitriles is 1. The Hall–Kier alpha value is -2.30. The number of morpholine rings is 1. The van der Waals surface area contributed by atoms with Crippen molar-refractivity contribution in [2.75, 3.05) is 46.1 Å². The van der Waals surface area contributed by atoms with Crippen molar-refractivity contribution in [1.82, 2.24) is 10.2 Å². The zero-order chi connectivity index (χ0) is 19.6. The second kappa shape index (κ2) is 10.8. The lowest BCUT2D eigenvalue weighted by atomic mass is 10.0. The Balaban J connectivity index is 1.87. The van der Waals surface area contributed by atoms with Gasteiger partial charge in [0.15, 0.2) is 18.1 Å². The third-order valence-electron chi connectivity index (χ3n) is 4.52. The van der Waals surface area contributed by atoms with Crippen LogP contribution in [0.2, 0.25) is 0 Å². The van der Waals surface area contributed by atoms with Gasteiger partial charge in [0.2, 0.25) is 0 Å². The largest absolute Gasteiger partial charge is 0.490 e. The standard InChI is InChI=1S/C20H29N3O4/c1-4-26-19-11-16(12-21)5-6-18(19)27-14-20(24)22-13-17(15(2)3)23-7-9-25-10-8-23/h5-6,11,15,17H,4,7-10,13-14H2,1-3H3,(H,22,24). The van der Waals surface area contributed by atoms with Crippen LogP contribution in [0.3, 0.4) is 0 Å². The number of amides is 1. The van der Waals surface area contributed by atoms with E-state index in [2.05, 4.69) is 30.1 Å². The first kappa shape index (κ1) is 21.0. The molecular formula is C20H29N3O4. The maximum atomic E-state index is 12.2. The van der Waals surface area contributed by atoms with E-state index in [-0.39, 0.29) is 18.6 Å². The van der Waals surface area contributed by atoms with Crippen LogP contribution in [-0.4, -0.2) is 62.9 Å². The fourth-order valence-corrected chi connectivity index (χ4v) is 3.07. The summed E-state index contributed by atoms with van der Waals surface area (Å²) >= 11 is 0. The van der Waals surface area contributed by atoms with E-state index in [4.69, 9.17) is 19.5 Å². The number of rotatable bonds is 9. The first-order valence-electron chi connectivity index (χ1n) is 9.43. The zero-order valence-electron chi connectivity index (χ0n) is 16.4. The number of ether oxygens (including phenoxy) is 3. The fraction of sp³-hybridized carbons (Fsp3) is 0.600. The third kappa shape index (κ3) is 6.42. The van der Waals surface area contributed by atoms with Crippen LogP contribution < -0.4 is 14.8 Å². The molecule has 1 heterocycles. The second-order valence-electron chi connectivity index (χ2n) is 6.76. The molecule has 1 aromatic carbocycles. The molecule has 0 radical (unpaired) electrons. The summed E-state index contributed by atoms with van der Waals surface area (Å²) in [6, 6.07) is 7.25. The Morgan fingerprint density at radius 3 is 2.67 bits per heavy atom. The minimum atomic E-state index is -0.180. The highest BCUT2D eigenvalue weighted by atomic mass is 16.5. The number of carbonyl (C=O) groups is 1. The van der Waals surface area contributed by atoms with Crippen LogP contribution in [0, 0.1) is 17.2 Å². The van der Waals surface area contributed by atoms with Crippen molar-refractivity contribution < 1.29 is 19.0 Å². The molecule has 1 aliphatic heterocycles. The van der Waals surface area contributed by atoms with Gasteiger partial charge in [-0.1, -0.05) is 13.8 Å². The lowest BCUT2D eigenvalue weighted by molar-refractivity contribution is -0.123. The van der Waals surface area contributed by atoms with E-state index in [0.29, 0.717) is 36.1 Å². The van der Waals surface area contributed by atoms with Gasteiger partial charge in [-0.15, -0.1) is 0 Å². The monoisotopic (exact) mass is 375 g/mol. The van der Waals surface area contributed by atoms with Crippen molar-refractivity contribution in [3.8, 4) is 17.6 Å². The summed E-state index contributed by atoms with van der Waals surface area (Å²) in [5, 5.41) is 12.0. The number of benzene rings is 1. The van der Waals surface area contributed by atoms with Gasteiger partial charge in [0.1, 0.15) is 0 Å². The highest BCUT2D eigenvalue weighted by Gasteiger charge is 2.24. The molecule has 1 fully saturated rings. The molecule has 1 amide bonds. The Morgan fingerprint density at radius 1 is 1.30 bits per heavy atom. The lowest BCUT2D eigenvalue weighted by Gasteiger charge is -2.36. The molecule has 1 unspecified atom stereocenters. The third-order valence-corrected chi connectivity index (χ3v) is 4.52. The molecule has 27 heavy (non-hydrogen) atoms. The van der Waals surface area contributed by atoms with E-state index in [1.165, 1.54) is 0 Å². The SMILES string of the molecule is CCOc1cc(C#N)ccc1OCC(=O)NCC(C(C)C)N1CCOCC1. The topological polar surface area (TPSA) is 83.8 Å². The molecular weight excluding hydrogens is 346 g/mol. The van der Waals surface area contributed by atoms with Gasteiger partial charge in [-0.3, -0.25) is 9.69 Å². The average molecular weight is 375 g/mol. The number of hydrogen-bond donors (Lipinski definition) is 1. The van der Waals surface area contributed by atoms with Gasteiger partial charge in [-0.05, 0) is 25.0 Å². The Morgan fingerprint density at radius 2 is 2.04 bits per heavy atom. The molecule has 2 rings (SSSR count). The van der Waals surface area contributed by atoms with E-state index >= 15 is 0 Å². The minimum Gasteiger partial charge on any atom is -0.490 e. The van der Waals surface area contributed by atoms with Gasteiger partial charge in [-0.25, -0.2) is 0 Å². The molecule has 0 bridgehead atoms. The molecule has 1 atom stereocenters. The highest BCUT2D eigenvalue weighted by Crippen LogP contribution is 2.28. The summed E-state index contributed by atoms with van der Waals surface area (Å²) in [5.74, 6) is 1.17. The average Bonchev–Trinajstić information content (AvgIpc) is 2.68. The molecule has 1 aromatic rings. The van der Waals surface area contributed by atoms with Crippen LogP contribution in [0.4, 0.5) is 0 Å². The molecule has 1 aliphatic rings. The second-order valence-corrected chi connectivity index (χ2v) is 6.76. The maximum Gasteiger partial charge on any atom is 0.257 e. The molecule has 7 nitrogen and oxygen atoms in total.